The molecule has 0 aliphatic heterocycles. The molecule has 0 aromatic heterocycles. The van der Waals surface area contributed by atoms with Gasteiger partial charge in [0.05, 0.1) is 6.10 Å². The third kappa shape index (κ3) is 3.64. The highest BCUT2D eigenvalue weighted by Gasteiger charge is 2.06. The second kappa shape index (κ2) is 6.10. The molecule has 2 rings (SSSR count). The van der Waals surface area contributed by atoms with Crippen LogP contribution in [0.1, 0.15) is 11.7 Å². The molecule has 0 saturated carbocycles. The summed E-state index contributed by atoms with van der Waals surface area (Å²) in [6, 6.07) is 14.7. The van der Waals surface area contributed by atoms with Gasteiger partial charge in [-0.05, 0) is 23.8 Å². The monoisotopic (exact) mass is 281 g/mol. The van der Waals surface area contributed by atoms with Crippen LogP contribution in [-0.2, 0) is 0 Å². The van der Waals surface area contributed by atoms with Gasteiger partial charge in [0, 0.05) is 22.3 Å². The smallest absolute Gasteiger partial charge is 0.0962 e. The molecule has 0 saturated heterocycles. The SMILES string of the molecule is OC(CNc1cc(Cl)cc(Cl)c1)c1ccccc1. The first-order valence-electron chi connectivity index (χ1n) is 5.58. The van der Waals surface area contributed by atoms with E-state index in [9.17, 15) is 5.11 Å². The maximum atomic E-state index is 9.99. The number of anilines is 1. The first kappa shape index (κ1) is 13.2. The minimum absolute atomic E-state index is 0.403. The molecule has 2 aromatic rings. The fourth-order valence-corrected chi connectivity index (χ4v) is 2.19. The number of nitrogens with one attached hydrogen (secondary N) is 1. The minimum Gasteiger partial charge on any atom is -0.387 e. The summed E-state index contributed by atoms with van der Waals surface area (Å²) in [5, 5.41) is 14.2. The fourth-order valence-electron chi connectivity index (χ4n) is 1.66. The maximum Gasteiger partial charge on any atom is 0.0962 e. The van der Waals surface area contributed by atoms with Gasteiger partial charge in [-0.25, -0.2) is 0 Å². The third-order valence-corrected chi connectivity index (χ3v) is 2.98. The van der Waals surface area contributed by atoms with Crippen molar-refractivity contribution in [2.75, 3.05) is 11.9 Å². The number of rotatable bonds is 4. The Kier molecular flexibility index (Phi) is 4.48. The number of halogens is 2. The normalized spacial score (nSPS) is 12.2. The van der Waals surface area contributed by atoms with Crippen LogP contribution < -0.4 is 5.32 Å². The Hall–Kier alpha value is -1.22. The summed E-state index contributed by atoms with van der Waals surface area (Å²) < 4.78 is 0. The molecule has 2 nitrogen and oxygen atoms in total. The zero-order valence-electron chi connectivity index (χ0n) is 9.61. The third-order valence-electron chi connectivity index (χ3n) is 2.55. The molecule has 0 aliphatic rings. The van der Waals surface area contributed by atoms with E-state index in [1.165, 1.54) is 0 Å². The number of aliphatic hydroxyl groups excluding tert-OH is 1. The number of hydrogen-bond donors (Lipinski definition) is 2. The molecule has 0 fully saturated rings. The van der Waals surface area contributed by atoms with E-state index in [1.54, 1.807) is 18.2 Å². The van der Waals surface area contributed by atoms with E-state index in [0.717, 1.165) is 11.3 Å². The number of aliphatic hydroxyl groups is 1. The zero-order valence-corrected chi connectivity index (χ0v) is 11.1. The largest absolute Gasteiger partial charge is 0.387 e. The summed E-state index contributed by atoms with van der Waals surface area (Å²) in [5.74, 6) is 0. The molecule has 4 heteroatoms. The van der Waals surface area contributed by atoms with Gasteiger partial charge >= 0.3 is 0 Å². The van der Waals surface area contributed by atoms with Crippen molar-refractivity contribution >= 4 is 28.9 Å². The van der Waals surface area contributed by atoms with Crippen LogP contribution in [0.15, 0.2) is 48.5 Å². The summed E-state index contributed by atoms with van der Waals surface area (Å²) in [7, 11) is 0. The van der Waals surface area contributed by atoms with E-state index in [4.69, 9.17) is 23.2 Å². The van der Waals surface area contributed by atoms with Crippen LogP contribution in [0.3, 0.4) is 0 Å². The molecule has 0 amide bonds. The summed E-state index contributed by atoms with van der Waals surface area (Å²) in [4.78, 5) is 0. The van der Waals surface area contributed by atoms with Crippen LogP contribution in [-0.4, -0.2) is 11.7 Å². The Morgan fingerprint density at radius 3 is 2.22 bits per heavy atom. The maximum absolute atomic E-state index is 9.99. The van der Waals surface area contributed by atoms with Crippen LogP contribution in [0, 0.1) is 0 Å². The van der Waals surface area contributed by atoms with E-state index >= 15 is 0 Å². The van der Waals surface area contributed by atoms with Crippen molar-refractivity contribution in [2.45, 2.75) is 6.10 Å². The van der Waals surface area contributed by atoms with Crippen LogP contribution in [0.5, 0.6) is 0 Å². The van der Waals surface area contributed by atoms with E-state index < -0.39 is 6.10 Å². The van der Waals surface area contributed by atoms with Crippen molar-refractivity contribution in [3.05, 3.63) is 64.1 Å². The van der Waals surface area contributed by atoms with Gasteiger partial charge in [-0.3, -0.25) is 0 Å². The first-order chi connectivity index (χ1) is 8.65. The highest BCUT2D eigenvalue weighted by atomic mass is 35.5. The van der Waals surface area contributed by atoms with Gasteiger partial charge in [0.25, 0.3) is 0 Å². The van der Waals surface area contributed by atoms with Gasteiger partial charge in [-0.15, -0.1) is 0 Å². The highest BCUT2D eigenvalue weighted by Crippen LogP contribution is 2.23. The molecule has 2 N–H and O–H groups in total. The standard InChI is InChI=1S/C14H13Cl2NO/c15-11-6-12(16)8-13(7-11)17-9-14(18)10-4-2-1-3-5-10/h1-8,14,17-18H,9H2. The van der Waals surface area contributed by atoms with Crippen molar-refractivity contribution in [3.8, 4) is 0 Å². The highest BCUT2D eigenvalue weighted by molar-refractivity contribution is 6.35. The summed E-state index contributed by atoms with van der Waals surface area (Å²) >= 11 is 11.8. The molecule has 0 aliphatic carbocycles. The van der Waals surface area contributed by atoms with Gasteiger partial charge in [-0.2, -0.15) is 0 Å². The van der Waals surface area contributed by atoms with Gasteiger partial charge < -0.3 is 10.4 Å². The van der Waals surface area contributed by atoms with Crippen LogP contribution in [0.2, 0.25) is 10.0 Å². The van der Waals surface area contributed by atoms with Crippen molar-refractivity contribution in [2.24, 2.45) is 0 Å². The molecule has 2 aromatic carbocycles. The van der Waals surface area contributed by atoms with Crippen LogP contribution >= 0.6 is 23.2 Å². The van der Waals surface area contributed by atoms with Gasteiger partial charge in [0.1, 0.15) is 0 Å². The Morgan fingerprint density at radius 2 is 1.61 bits per heavy atom. The Bertz CT molecular complexity index is 496. The quantitative estimate of drug-likeness (QED) is 0.883. The molecular weight excluding hydrogens is 269 g/mol. The fraction of sp³-hybridized carbons (Fsp3) is 0.143. The van der Waals surface area contributed by atoms with Crippen LogP contribution in [0.25, 0.3) is 0 Å². The number of benzene rings is 2. The predicted molar refractivity (Wildman–Crippen MR) is 76.4 cm³/mol. The molecule has 1 atom stereocenters. The lowest BCUT2D eigenvalue weighted by atomic mass is 10.1. The van der Waals surface area contributed by atoms with E-state index in [-0.39, 0.29) is 0 Å². The molecule has 0 radical (unpaired) electrons. The summed E-state index contributed by atoms with van der Waals surface area (Å²) in [5.41, 5.74) is 1.67. The summed E-state index contributed by atoms with van der Waals surface area (Å²) in [6.07, 6.45) is -0.566. The zero-order chi connectivity index (χ0) is 13.0. The topological polar surface area (TPSA) is 32.3 Å². The van der Waals surface area contributed by atoms with Crippen molar-refractivity contribution < 1.29 is 5.11 Å². The first-order valence-corrected chi connectivity index (χ1v) is 6.34. The lowest BCUT2D eigenvalue weighted by Crippen LogP contribution is -2.11. The lowest BCUT2D eigenvalue weighted by molar-refractivity contribution is 0.191. The number of hydrogen-bond acceptors (Lipinski definition) is 2. The lowest BCUT2D eigenvalue weighted by Gasteiger charge is -2.13. The molecule has 1 unspecified atom stereocenters. The second-order valence-corrected chi connectivity index (χ2v) is 4.84. The van der Waals surface area contributed by atoms with E-state index in [2.05, 4.69) is 5.32 Å². The van der Waals surface area contributed by atoms with Gasteiger partial charge in [-0.1, -0.05) is 53.5 Å². The predicted octanol–water partition coefficient (Wildman–Crippen LogP) is 4.14. The van der Waals surface area contributed by atoms with Gasteiger partial charge in [0.15, 0.2) is 0 Å². The molecule has 18 heavy (non-hydrogen) atoms. The van der Waals surface area contributed by atoms with Crippen LogP contribution in [0.4, 0.5) is 5.69 Å². The molecule has 0 heterocycles. The average Bonchev–Trinajstić information content (AvgIpc) is 2.36. The molecule has 94 valence electrons. The Balaban J connectivity index is 1.99. The molecular formula is C14H13Cl2NO. The summed E-state index contributed by atoms with van der Waals surface area (Å²) in [6.45, 7) is 0.403. The minimum atomic E-state index is -0.566. The van der Waals surface area contributed by atoms with Crippen molar-refractivity contribution in [1.82, 2.24) is 0 Å². The Morgan fingerprint density at radius 1 is 1.00 bits per heavy atom. The molecule has 0 bridgehead atoms. The van der Waals surface area contributed by atoms with Crippen molar-refractivity contribution in [3.63, 3.8) is 0 Å². The van der Waals surface area contributed by atoms with E-state index in [0.29, 0.717) is 16.6 Å². The van der Waals surface area contributed by atoms with Gasteiger partial charge in [0.2, 0.25) is 0 Å². The second-order valence-electron chi connectivity index (χ2n) is 3.97. The molecule has 0 spiro atoms. The Labute approximate surface area is 116 Å². The average molecular weight is 282 g/mol. The van der Waals surface area contributed by atoms with E-state index in [1.807, 2.05) is 30.3 Å². The van der Waals surface area contributed by atoms with Crippen molar-refractivity contribution in [1.29, 1.82) is 0 Å².